The summed E-state index contributed by atoms with van der Waals surface area (Å²) >= 11 is 0. The number of rotatable bonds is 3. The molecule has 24 heavy (non-hydrogen) atoms. The standard InChI is InChI=1S/C16H15FN2O4S/c1-24(22,23)19-8-7-10-9-11(5-6-13(10)19)16(21)18-15-12(17)3-2-4-14(15)20/h2-6,9,20H,7-8H2,1H3,(H,18,21). The highest BCUT2D eigenvalue weighted by Crippen LogP contribution is 2.31. The van der Waals surface area contributed by atoms with Crippen LogP contribution in [0, 0.1) is 5.82 Å². The fourth-order valence-corrected chi connectivity index (χ4v) is 3.64. The summed E-state index contributed by atoms with van der Waals surface area (Å²) in [6, 6.07) is 8.33. The second-order valence-electron chi connectivity index (χ2n) is 5.52. The van der Waals surface area contributed by atoms with Crippen LogP contribution in [0.3, 0.4) is 0 Å². The zero-order chi connectivity index (χ0) is 17.5. The van der Waals surface area contributed by atoms with Crippen molar-refractivity contribution in [2.75, 3.05) is 22.4 Å². The first-order chi connectivity index (χ1) is 11.3. The van der Waals surface area contributed by atoms with Gasteiger partial charge in [-0.25, -0.2) is 12.8 Å². The number of carbonyl (C=O) groups excluding carboxylic acids is 1. The molecule has 0 unspecified atom stereocenters. The zero-order valence-corrected chi connectivity index (χ0v) is 13.6. The molecule has 0 fully saturated rings. The molecule has 6 nitrogen and oxygen atoms in total. The quantitative estimate of drug-likeness (QED) is 0.830. The smallest absolute Gasteiger partial charge is 0.255 e. The van der Waals surface area contributed by atoms with Crippen molar-refractivity contribution in [2.24, 2.45) is 0 Å². The van der Waals surface area contributed by atoms with Crippen LogP contribution in [0.2, 0.25) is 0 Å². The second kappa shape index (κ2) is 5.79. The van der Waals surface area contributed by atoms with E-state index in [2.05, 4.69) is 5.32 Å². The average molecular weight is 350 g/mol. The summed E-state index contributed by atoms with van der Waals surface area (Å²) in [6.07, 6.45) is 1.62. The van der Waals surface area contributed by atoms with Crippen LogP contribution in [0.15, 0.2) is 36.4 Å². The van der Waals surface area contributed by atoms with Crippen LogP contribution in [0.5, 0.6) is 5.75 Å². The number of aromatic hydroxyl groups is 1. The van der Waals surface area contributed by atoms with Gasteiger partial charge in [0.2, 0.25) is 10.0 Å². The lowest BCUT2D eigenvalue weighted by Gasteiger charge is -2.16. The predicted octanol–water partition coefficient (Wildman–Crippen LogP) is 2.11. The number of benzene rings is 2. The Bertz CT molecular complexity index is 907. The maximum Gasteiger partial charge on any atom is 0.255 e. The van der Waals surface area contributed by atoms with Gasteiger partial charge >= 0.3 is 0 Å². The first kappa shape index (κ1) is 16.3. The first-order valence-electron chi connectivity index (χ1n) is 7.17. The molecular formula is C16H15FN2O4S. The van der Waals surface area contributed by atoms with Crippen molar-refractivity contribution in [1.82, 2.24) is 0 Å². The summed E-state index contributed by atoms with van der Waals surface area (Å²) < 4.78 is 38.4. The SMILES string of the molecule is CS(=O)(=O)N1CCc2cc(C(=O)Nc3c(O)cccc3F)ccc21. The maximum atomic E-state index is 13.7. The van der Waals surface area contributed by atoms with Crippen LogP contribution < -0.4 is 9.62 Å². The van der Waals surface area contributed by atoms with E-state index in [1.807, 2.05) is 0 Å². The number of anilines is 2. The van der Waals surface area contributed by atoms with Gasteiger partial charge in [-0.2, -0.15) is 0 Å². The highest BCUT2D eigenvalue weighted by atomic mass is 32.2. The minimum Gasteiger partial charge on any atom is -0.506 e. The highest BCUT2D eigenvalue weighted by Gasteiger charge is 2.27. The van der Waals surface area contributed by atoms with Crippen LogP contribution in [0.25, 0.3) is 0 Å². The molecule has 1 heterocycles. The van der Waals surface area contributed by atoms with Gasteiger partial charge in [0, 0.05) is 12.1 Å². The predicted molar refractivity (Wildman–Crippen MR) is 88.4 cm³/mol. The van der Waals surface area contributed by atoms with Gasteiger partial charge in [0.25, 0.3) is 5.91 Å². The van der Waals surface area contributed by atoms with Crippen molar-refractivity contribution < 1.29 is 22.7 Å². The third kappa shape index (κ3) is 2.92. The van der Waals surface area contributed by atoms with E-state index in [0.717, 1.165) is 17.9 Å². The van der Waals surface area contributed by atoms with Gasteiger partial charge in [0.1, 0.15) is 11.4 Å². The fraction of sp³-hybridized carbons (Fsp3) is 0.188. The van der Waals surface area contributed by atoms with Gasteiger partial charge in [-0.05, 0) is 42.3 Å². The molecule has 0 bridgehead atoms. The molecule has 3 rings (SSSR count). The number of carbonyl (C=O) groups is 1. The molecule has 1 amide bonds. The van der Waals surface area contributed by atoms with Gasteiger partial charge in [0.15, 0.2) is 5.82 Å². The lowest BCUT2D eigenvalue weighted by Crippen LogP contribution is -2.27. The van der Waals surface area contributed by atoms with E-state index in [1.54, 1.807) is 12.1 Å². The zero-order valence-electron chi connectivity index (χ0n) is 12.8. The summed E-state index contributed by atoms with van der Waals surface area (Å²) in [7, 11) is -3.36. The van der Waals surface area contributed by atoms with E-state index in [-0.39, 0.29) is 17.0 Å². The highest BCUT2D eigenvalue weighted by molar-refractivity contribution is 7.92. The average Bonchev–Trinajstić information content (AvgIpc) is 2.94. The molecular weight excluding hydrogens is 335 g/mol. The van der Waals surface area contributed by atoms with E-state index in [0.29, 0.717) is 18.7 Å². The molecule has 1 aliphatic rings. The number of fused-ring (bicyclic) bond motifs is 1. The molecule has 8 heteroatoms. The number of amides is 1. The van der Waals surface area contributed by atoms with Gasteiger partial charge in [-0.15, -0.1) is 0 Å². The summed E-state index contributed by atoms with van der Waals surface area (Å²) in [4.78, 5) is 12.3. The van der Waals surface area contributed by atoms with Crippen molar-refractivity contribution in [3.05, 3.63) is 53.3 Å². The molecule has 0 saturated heterocycles. The molecule has 0 atom stereocenters. The van der Waals surface area contributed by atoms with E-state index < -0.39 is 21.7 Å². The van der Waals surface area contributed by atoms with E-state index >= 15 is 0 Å². The molecule has 2 aromatic rings. The number of sulfonamides is 1. The van der Waals surface area contributed by atoms with Crippen molar-refractivity contribution in [3.63, 3.8) is 0 Å². The van der Waals surface area contributed by atoms with Crippen LogP contribution in [-0.2, 0) is 16.4 Å². The Morgan fingerprint density at radius 1 is 1.29 bits per heavy atom. The number of para-hydroxylation sites is 1. The number of halogens is 1. The Morgan fingerprint density at radius 3 is 2.71 bits per heavy atom. The topological polar surface area (TPSA) is 86.7 Å². The van der Waals surface area contributed by atoms with Gasteiger partial charge in [-0.3, -0.25) is 9.10 Å². The van der Waals surface area contributed by atoms with Crippen LogP contribution in [-0.4, -0.2) is 32.2 Å². The molecule has 1 aliphatic heterocycles. The largest absolute Gasteiger partial charge is 0.506 e. The number of hydrogen-bond acceptors (Lipinski definition) is 4. The van der Waals surface area contributed by atoms with Crippen LogP contribution in [0.4, 0.5) is 15.8 Å². The van der Waals surface area contributed by atoms with Gasteiger partial charge < -0.3 is 10.4 Å². The summed E-state index contributed by atoms with van der Waals surface area (Å²) in [5.74, 6) is -1.70. The number of phenolic OH excluding ortho intramolecular Hbond substituents is 1. The van der Waals surface area contributed by atoms with Crippen molar-refractivity contribution in [2.45, 2.75) is 6.42 Å². The normalized spacial score (nSPS) is 13.7. The number of nitrogens with one attached hydrogen (secondary N) is 1. The fourth-order valence-electron chi connectivity index (χ4n) is 2.68. The molecule has 0 saturated carbocycles. The Labute approximate surface area is 138 Å². The Hall–Kier alpha value is -2.61. The molecule has 0 aliphatic carbocycles. The number of phenols is 1. The Kier molecular flexibility index (Phi) is 3.92. The van der Waals surface area contributed by atoms with Crippen LogP contribution in [0.1, 0.15) is 15.9 Å². The van der Waals surface area contributed by atoms with Gasteiger partial charge in [-0.1, -0.05) is 6.07 Å². The minimum atomic E-state index is -3.36. The maximum absolute atomic E-state index is 13.7. The van der Waals surface area contributed by atoms with Gasteiger partial charge in [0.05, 0.1) is 11.9 Å². The first-order valence-corrected chi connectivity index (χ1v) is 9.01. The lowest BCUT2D eigenvalue weighted by atomic mass is 10.1. The molecule has 2 aromatic carbocycles. The van der Waals surface area contributed by atoms with Crippen molar-refractivity contribution in [1.29, 1.82) is 0 Å². The summed E-state index contributed by atoms with van der Waals surface area (Å²) in [5.41, 5.74) is 1.24. The minimum absolute atomic E-state index is 0.256. The van der Waals surface area contributed by atoms with E-state index in [1.165, 1.54) is 22.5 Å². The third-order valence-corrected chi connectivity index (χ3v) is 5.01. The number of nitrogens with zero attached hydrogens (tertiary/aromatic N) is 1. The summed E-state index contributed by atoms with van der Waals surface area (Å²) in [6.45, 7) is 0.327. The number of hydrogen-bond donors (Lipinski definition) is 2. The van der Waals surface area contributed by atoms with E-state index in [4.69, 9.17) is 0 Å². The molecule has 0 radical (unpaired) electrons. The second-order valence-corrected chi connectivity index (χ2v) is 7.42. The molecule has 126 valence electrons. The Morgan fingerprint density at radius 2 is 2.04 bits per heavy atom. The van der Waals surface area contributed by atoms with Crippen molar-refractivity contribution in [3.8, 4) is 5.75 Å². The van der Waals surface area contributed by atoms with Crippen LogP contribution >= 0.6 is 0 Å². The Balaban J connectivity index is 1.88. The molecule has 0 aromatic heterocycles. The lowest BCUT2D eigenvalue weighted by molar-refractivity contribution is 0.102. The monoisotopic (exact) mass is 350 g/mol. The van der Waals surface area contributed by atoms with E-state index in [9.17, 15) is 22.7 Å². The molecule has 0 spiro atoms. The third-order valence-electron chi connectivity index (χ3n) is 3.83. The molecule has 2 N–H and O–H groups in total. The summed E-state index contributed by atoms with van der Waals surface area (Å²) in [5, 5.41) is 12.0. The van der Waals surface area contributed by atoms with Crippen molar-refractivity contribution >= 4 is 27.3 Å².